The van der Waals surface area contributed by atoms with E-state index in [1.807, 2.05) is 32.0 Å². The number of nitrogens with one attached hydrogen (secondary N) is 1. The highest BCUT2D eigenvalue weighted by Gasteiger charge is 2.36. The highest BCUT2D eigenvalue weighted by molar-refractivity contribution is 8.18. The Labute approximate surface area is 165 Å². The van der Waals surface area contributed by atoms with Gasteiger partial charge in [0.15, 0.2) is 11.5 Å². The minimum absolute atomic E-state index is 0.134. The number of anilines is 1. The fourth-order valence-electron chi connectivity index (χ4n) is 2.75. The van der Waals surface area contributed by atoms with Crippen LogP contribution in [0.4, 0.5) is 10.5 Å². The van der Waals surface area contributed by atoms with Crippen molar-refractivity contribution >= 4 is 40.6 Å². The standard InChI is InChI=1S/C20H18N2O5S/c1-11-4-3-5-12(2)18(11)21-17(25)10-22-19(26)16(28-20(22)27)9-13-6-7-14(23)15(24)8-13/h3-9,23-24H,10H2,1-2H3,(H,21,25)/b16-9+. The third-order valence-electron chi connectivity index (χ3n) is 4.22. The summed E-state index contributed by atoms with van der Waals surface area (Å²) in [6, 6.07) is 9.65. The topological polar surface area (TPSA) is 107 Å². The molecule has 1 aliphatic heterocycles. The van der Waals surface area contributed by atoms with Gasteiger partial charge in [-0.3, -0.25) is 19.3 Å². The molecule has 1 saturated heterocycles. The number of phenols is 2. The lowest BCUT2D eigenvalue weighted by Crippen LogP contribution is -2.36. The van der Waals surface area contributed by atoms with Crippen LogP contribution >= 0.6 is 11.8 Å². The van der Waals surface area contributed by atoms with E-state index in [0.29, 0.717) is 23.0 Å². The maximum Gasteiger partial charge on any atom is 0.294 e. The van der Waals surface area contributed by atoms with Crippen LogP contribution in [0, 0.1) is 13.8 Å². The van der Waals surface area contributed by atoms with Crippen LogP contribution in [0.2, 0.25) is 0 Å². The smallest absolute Gasteiger partial charge is 0.294 e. The van der Waals surface area contributed by atoms with Gasteiger partial charge in [-0.2, -0.15) is 0 Å². The van der Waals surface area contributed by atoms with Crippen LogP contribution in [0.5, 0.6) is 11.5 Å². The van der Waals surface area contributed by atoms with E-state index in [2.05, 4.69) is 5.32 Å². The van der Waals surface area contributed by atoms with Gasteiger partial charge in [0.1, 0.15) is 6.54 Å². The van der Waals surface area contributed by atoms with Crippen molar-refractivity contribution in [1.29, 1.82) is 0 Å². The molecule has 0 spiro atoms. The quantitative estimate of drug-likeness (QED) is 0.538. The zero-order valence-electron chi connectivity index (χ0n) is 15.2. The Morgan fingerprint density at radius 3 is 2.43 bits per heavy atom. The number of nitrogens with zero attached hydrogens (tertiary/aromatic N) is 1. The van der Waals surface area contributed by atoms with E-state index in [0.717, 1.165) is 16.0 Å². The van der Waals surface area contributed by atoms with Crippen molar-refractivity contribution in [3.05, 3.63) is 58.0 Å². The predicted molar refractivity (Wildman–Crippen MR) is 107 cm³/mol. The molecule has 0 unspecified atom stereocenters. The van der Waals surface area contributed by atoms with Crippen LogP contribution in [-0.4, -0.2) is 38.7 Å². The van der Waals surface area contributed by atoms with Gasteiger partial charge < -0.3 is 15.5 Å². The van der Waals surface area contributed by atoms with Crippen LogP contribution in [0.15, 0.2) is 41.3 Å². The molecule has 0 bridgehead atoms. The average Bonchev–Trinajstić information content (AvgIpc) is 2.89. The normalized spacial score (nSPS) is 15.4. The van der Waals surface area contributed by atoms with Gasteiger partial charge in [-0.15, -0.1) is 0 Å². The molecule has 1 heterocycles. The van der Waals surface area contributed by atoms with Crippen molar-refractivity contribution in [3.63, 3.8) is 0 Å². The SMILES string of the molecule is Cc1cccc(C)c1NC(=O)CN1C(=O)S/C(=C/c2ccc(O)c(O)c2)C1=O. The summed E-state index contributed by atoms with van der Waals surface area (Å²) in [4.78, 5) is 38.1. The molecule has 0 aliphatic carbocycles. The second-order valence-corrected chi connectivity index (χ2v) is 7.32. The molecule has 0 radical (unpaired) electrons. The zero-order chi connectivity index (χ0) is 20.4. The first-order valence-corrected chi connectivity index (χ1v) is 9.21. The number of thioether (sulfide) groups is 1. The molecule has 0 atom stereocenters. The Morgan fingerprint density at radius 2 is 1.79 bits per heavy atom. The lowest BCUT2D eigenvalue weighted by atomic mass is 10.1. The summed E-state index contributed by atoms with van der Waals surface area (Å²) in [5.41, 5.74) is 2.87. The summed E-state index contributed by atoms with van der Waals surface area (Å²) in [6.07, 6.45) is 1.42. The first-order valence-electron chi connectivity index (χ1n) is 8.39. The molecule has 1 fully saturated rings. The molecule has 7 nitrogen and oxygen atoms in total. The Hall–Kier alpha value is -3.26. The van der Waals surface area contributed by atoms with E-state index in [1.54, 1.807) is 0 Å². The van der Waals surface area contributed by atoms with E-state index in [-0.39, 0.29) is 16.4 Å². The molecule has 0 aromatic heterocycles. The molecule has 8 heteroatoms. The summed E-state index contributed by atoms with van der Waals surface area (Å²) in [6.45, 7) is 3.33. The number of rotatable bonds is 4. The second kappa shape index (κ2) is 7.77. The van der Waals surface area contributed by atoms with E-state index in [4.69, 9.17) is 0 Å². The van der Waals surface area contributed by atoms with Gasteiger partial charge in [-0.05, 0) is 60.5 Å². The number of carbonyl (C=O) groups excluding carboxylic acids is 3. The lowest BCUT2D eigenvalue weighted by molar-refractivity contribution is -0.127. The van der Waals surface area contributed by atoms with E-state index < -0.39 is 23.6 Å². The Kier molecular flexibility index (Phi) is 5.41. The number of aromatic hydroxyl groups is 2. The minimum Gasteiger partial charge on any atom is -0.504 e. The molecule has 3 rings (SSSR count). The molecule has 3 amide bonds. The number of benzene rings is 2. The van der Waals surface area contributed by atoms with Gasteiger partial charge in [0.25, 0.3) is 11.1 Å². The number of hydrogen-bond acceptors (Lipinski definition) is 6. The highest BCUT2D eigenvalue weighted by atomic mass is 32.2. The Balaban J connectivity index is 1.74. The minimum atomic E-state index is -0.584. The third-order valence-corrected chi connectivity index (χ3v) is 5.13. The molecular weight excluding hydrogens is 380 g/mol. The molecule has 0 saturated carbocycles. The predicted octanol–water partition coefficient (Wildman–Crippen LogP) is 3.39. The van der Waals surface area contributed by atoms with E-state index in [1.165, 1.54) is 24.3 Å². The monoisotopic (exact) mass is 398 g/mol. The van der Waals surface area contributed by atoms with Gasteiger partial charge in [0.2, 0.25) is 5.91 Å². The number of para-hydroxylation sites is 1. The van der Waals surface area contributed by atoms with Crippen molar-refractivity contribution in [3.8, 4) is 11.5 Å². The molecule has 28 heavy (non-hydrogen) atoms. The van der Waals surface area contributed by atoms with Gasteiger partial charge >= 0.3 is 0 Å². The third kappa shape index (κ3) is 4.01. The van der Waals surface area contributed by atoms with Crippen LogP contribution in [-0.2, 0) is 9.59 Å². The van der Waals surface area contributed by atoms with Gasteiger partial charge in [0, 0.05) is 5.69 Å². The number of amides is 3. The largest absolute Gasteiger partial charge is 0.504 e. The van der Waals surface area contributed by atoms with Gasteiger partial charge in [-0.1, -0.05) is 24.3 Å². The Bertz CT molecular complexity index is 995. The molecule has 3 N–H and O–H groups in total. The first-order chi connectivity index (χ1) is 13.3. The lowest BCUT2D eigenvalue weighted by Gasteiger charge is -2.15. The summed E-state index contributed by atoms with van der Waals surface area (Å²) >= 11 is 0.716. The van der Waals surface area contributed by atoms with Gasteiger partial charge in [0.05, 0.1) is 4.91 Å². The summed E-state index contributed by atoms with van der Waals surface area (Å²) in [7, 11) is 0. The molecule has 144 valence electrons. The summed E-state index contributed by atoms with van der Waals surface area (Å²) in [5.74, 6) is -1.67. The van der Waals surface area contributed by atoms with Crippen molar-refractivity contribution in [2.75, 3.05) is 11.9 Å². The molecule has 2 aromatic rings. The number of imide groups is 1. The zero-order valence-corrected chi connectivity index (χ0v) is 16.0. The van der Waals surface area contributed by atoms with Crippen molar-refractivity contribution < 1.29 is 24.6 Å². The van der Waals surface area contributed by atoms with Crippen molar-refractivity contribution in [2.45, 2.75) is 13.8 Å². The number of phenolic OH excluding ortho intramolecular Hbond substituents is 2. The first kappa shape index (κ1) is 19.5. The van der Waals surface area contributed by atoms with Crippen LogP contribution in [0.25, 0.3) is 6.08 Å². The van der Waals surface area contributed by atoms with Crippen LogP contribution < -0.4 is 5.32 Å². The molecule has 1 aliphatic rings. The van der Waals surface area contributed by atoms with Crippen molar-refractivity contribution in [1.82, 2.24) is 4.90 Å². The van der Waals surface area contributed by atoms with Crippen LogP contribution in [0.1, 0.15) is 16.7 Å². The number of aryl methyl sites for hydroxylation is 2. The number of hydrogen-bond donors (Lipinski definition) is 3. The van der Waals surface area contributed by atoms with Crippen molar-refractivity contribution in [2.24, 2.45) is 0 Å². The summed E-state index contributed by atoms with van der Waals surface area (Å²) in [5, 5.41) is 21.1. The van der Waals surface area contributed by atoms with E-state index in [9.17, 15) is 24.6 Å². The van der Waals surface area contributed by atoms with Gasteiger partial charge in [-0.25, -0.2) is 0 Å². The number of carbonyl (C=O) groups is 3. The van der Waals surface area contributed by atoms with Crippen LogP contribution in [0.3, 0.4) is 0 Å². The fourth-order valence-corrected chi connectivity index (χ4v) is 3.59. The maximum absolute atomic E-state index is 12.5. The maximum atomic E-state index is 12.5. The fraction of sp³-hybridized carbons (Fsp3) is 0.150. The second-order valence-electron chi connectivity index (χ2n) is 6.33. The summed E-state index contributed by atoms with van der Waals surface area (Å²) < 4.78 is 0. The van der Waals surface area contributed by atoms with E-state index >= 15 is 0 Å². The average molecular weight is 398 g/mol. The highest BCUT2D eigenvalue weighted by Crippen LogP contribution is 2.33. The molecule has 2 aromatic carbocycles. The Morgan fingerprint density at radius 1 is 1.11 bits per heavy atom. The molecular formula is C20H18N2O5S.